The molecule has 0 aliphatic heterocycles. The monoisotopic (exact) mass is 423 g/mol. The number of sulfonamides is 1. The van der Waals surface area contributed by atoms with Crippen LogP contribution in [0.4, 0.5) is 5.69 Å². The fourth-order valence-corrected chi connectivity index (χ4v) is 4.13. The lowest BCUT2D eigenvalue weighted by Crippen LogP contribution is -2.28. The molecule has 2 aromatic rings. The standard InChI is InChI=1S/C20H26ClN3O3S/c1-15-14-16(20(25)22-12-5-13-23(2)3)6-11-19(15)24(4)28(26,27)18-9-7-17(21)8-10-18/h6-11,14H,5,12-13H2,1-4H3,(H,22,25). The average Bonchev–Trinajstić information content (AvgIpc) is 2.64. The van der Waals surface area contributed by atoms with E-state index in [0.717, 1.165) is 13.0 Å². The van der Waals surface area contributed by atoms with Gasteiger partial charge in [-0.05, 0) is 82.0 Å². The Bertz CT molecular complexity index is 928. The number of carbonyl (C=O) groups excluding carboxylic acids is 1. The van der Waals surface area contributed by atoms with Crippen LogP contribution in [-0.2, 0) is 10.0 Å². The maximum absolute atomic E-state index is 12.8. The Morgan fingerprint density at radius 3 is 2.29 bits per heavy atom. The van der Waals surface area contributed by atoms with Crippen molar-refractivity contribution < 1.29 is 13.2 Å². The van der Waals surface area contributed by atoms with Gasteiger partial charge in [0.1, 0.15) is 0 Å². The first-order valence-corrected chi connectivity index (χ1v) is 10.7. The van der Waals surface area contributed by atoms with Crippen molar-refractivity contribution in [3.63, 3.8) is 0 Å². The molecule has 8 heteroatoms. The summed E-state index contributed by atoms with van der Waals surface area (Å²) in [6.07, 6.45) is 0.859. The zero-order chi connectivity index (χ0) is 20.9. The van der Waals surface area contributed by atoms with E-state index in [2.05, 4.69) is 10.2 Å². The number of rotatable bonds is 8. The van der Waals surface area contributed by atoms with E-state index < -0.39 is 10.0 Å². The number of anilines is 1. The van der Waals surface area contributed by atoms with Gasteiger partial charge in [-0.2, -0.15) is 0 Å². The maximum atomic E-state index is 12.8. The van der Waals surface area contributed by atoms with Gasteiger partial charge in [-0.1, -0.05) is 11.6 Å². The third kappa shape index (κ3) is 5.47. The molecular weight excluding hydrogens is 398 g/mol. The predicted molar refractivity (Wildman–Crippen MR) is 114 cm³/mol. The van der Waals surface area contributed by atoms with E-state index in [4.69, 9.17) is 11.6 Å². The van der Waals surface area contributed by atoms with Crippen molar-refractivity contribution in [3.05, 3.63) is 58.6 Å². The summed E-state index contributed by atoms with van der Waals surface area (Å²) in [5.41, 5.74) is 1.71. The Hall–Kier alpha value is -2.09. The molecular formula is C20H26ClN3O3S. The molecule has 0 fully saturated rings. The highest BCUT2D eigenvalue weighted by molar-refractivity contribution is 7.92. The zero-order valence-corrected chi connectivity index (χ0v) is 18.1. The van der Waals surface area contributed by atoms with Gasteiger partial charge in [0.05, 0.1) is 10.6 Å². The molecule has 0 saturated heterocycles. The van der Waals surface area contributed by atoms with Crippen molar-refractivity contribution in [2.75, 3.05) is 38.5 Å². The second-order valence-corrected chi connectivity index (χ2v) is 9.25. The van der Waals surface area contributed by atoms with Crippen LogP contribution < -0.4 is 9.62 Å². The predicted octanol–water partition coefficient (Wildman–Crippen LogP) is 3.16. The lowest BCUT2D eigenvalue weighted by atomic mass is 10.1. The Morgan fingerprint density at radius 2 is 1.71 bits per heavy atom. The van der Waals surface area contributed by atoms with Gasteiger partial charge in [0.2, 0.25) is 0 Å². The minimum atomic E-state index is -3.72. The molecule has 0 aromatic heterocycles. The molecule has 0 radical (unpaired) electrons. The Balaban J connectivity index is 2.14. The first-order valence-electron chi connectivity index (χ1n) is 8.91. The number of halogens is 1. The third-order valence-corrected chi connectivity index (χ3v) is 6.38. The third-order valence-electron chi connectivity index (χ3n) is 4.34. The topological polar surface area (TPSA) is 69.7 Å². The smallest absolute Gasteiger partial charge is 0.264 e. The summed E-state index contributed by atoms with van der Waals surface area (Å²) in [6, 6.07) is 11.0. The average molecular weight is 424 g/mol. The number of nitrogens with one attached hydrogen (secondary N) is 1. The number of nitrogens with zero attached hydrogens (tertiary/aromatic N) is 2. The number of hydrogen-bond donors (Lipinski definition) is 1. The quantitative estimate of drug-likeness (QED) is 0.662. The minimum absolute atomic E-state index is 0.154. The van der Waals surface area contributed by atoms with Gasteiger partial charge in [-0.25, -0.2) is 8.42 Å². The molecule has 28 heavy (non-hydrogen) atoms. The van der Waals surface area contributed by atoms with E-state index in [1.54, 1.807) is 37.3 Å². The first-order chi connectivity index (χ1) is 13.1. The zero-order valence-electron chi connectivity index (χ0n) is 16.6. The molecule has 1 N–H and O–H groups in total. The largest absolute Gasteiger partial charge is 0.352 e. The molecule has 0 bridgehead atoms. The van der Waals surface area contributed by atoms with Crippen LogP contribution in [0.3, 0.4) is 0 Å². The van der Waals surface area contributed by atoms with Crippen molar-refractivity contribution in [2.24, 2.45) is 0 Å². The molecule has 0 aliphatic carbocycles. The lowest BCUT2D eigenvalue weighted by Gasteiger charge is -2.22. The molecule has 0 unspecified atom stereocenters. The maximum Gasteiger partial charge on any atom is 0.264 e. The number of amides is 1. The molecule has 152 valence electrons. The summed E-state index contributed by atoms with van der Waals surface area (Å²) < 4.78 is 26.9. The molecule has 2 rings (SSSR count). The van der Waals surface area contributed by atoms with Crippen molar-refractivity contribution in [1.29, 1.82) is 0 Å². The highest BCUT2D eigenvalue weighted by Gasteiger charge is 2.23. The Morgan fingerprint density at radius 1 is 1.07 bits per heavy atom. The summed E-state index contributed by atoms with van der Waals surface area (Å²) in [6.45, 7) is 3.26. The molecule has 6 nitrogen and oxygen atoms in total. The SMILES string of the molecule is Cc1cc(C(=O)NCCCN(C)C)ccc1N(C)S(=O)(=O)c1ccc(Cl)cc1. The van der Waals surface area contributed by atoms with Crippen LogP contribution in [0.25, 0.3) is 0 Å². The lowest BCUT2D eigenvalue weighted by molar-refractivity contribution is 0.0952. The molecule has 0 spiro atoms. The van der Waals surface area contributed by atoms with Gasteiger partial charge in [0.25, 0.3) is 15.9 Å². The van der Waals surface area contributed by atoms with Crippen LogP contribution >= 0.6 is 11.6 Å². The normalized spacial score (nSPS) is 11.5. The van der Waals surface area contributed by atoms with E-state index in [1.807, 2.05) is 14.1 Å². The summed E-state index contributed by atoms with van der Waals surface area (Å²) in [5.74, 6) is -0.170. The summed E-state index contributed by atoms with van der Waals surface area (Å²) >= 11 is 5.84. The van der Waals surface area contributed by atoms with Crippen molar-refractivity contribution >= 4 is 33.2 Å². The fraction of sp³-hybridized carbons (Fsp3) is 0.350. The van der Waals surface area contributed by atoms with E-state index in [1.165, 1.54) is 23.5 Å². The summed E-state index contributed by atoms with van der Waals surface area (Å²) in [4.78, 5) is 14.5. The highest BCUT2D eigenvalue weighted by atomic mass is 35.5. The van der Waals surface area contributed by atoms with Gasteiger partial charge < -0.3 is 10.2 Å². The van der Waals surface area contributed by atoms with Crippen LogP contribution in [0.2, 0.25) is 5.02 Å². The van der Waals surface area contributed by atoms with E-state index in [0.29, 0.717) is 28.4 Å². The van der Waals surface area contributed by atoms with Gasteiger partial charge in [0, 0.05) is 24.2 Å². The molecule has 0 saturated carbocycles. The number of benzene rings is 2. The second-order valence-electron chi connectivity index (χ2n) is 6.84. The molecule has 1 amide bonds. The van der Waals surface area contributed by atoms with Gasteiger partial charge >= 0.3 is 0 Å². The summed E-state index contributed by atoms with van der Waals surface area (Å²) in [5, 5.41) is 3.35. The minimum Gasteiger partial charge on any atom is -0.352 e. The van der Waals surface area contributed by atoms with E-state index in [-0.39, 0.29) is 10.8 Å². The van der Waals surface area contributed by atoms with Gasteiger partial charge in [0.15, 0.2) is 0 Å². The van der Waals surface area contributed by atoms with E-state index in [9.17, 15) is 13.2 Å². The fourth-order valence-electron chi connectivity index (χ4n) is 2.74. The molecule has 0 aliphatic rings. The highest BCUT2D eigenvalue weighted by Crippen LogP contribution is 2.26. The Kier molecular flexibility index (Phi) is 7.46. The van der Waals surface area contributed by atoms with Crippen LogP contribution in [-0.4, -0.2) is 53.5 Å². The van der Waals surface area contributed by atoms with E-state index >= 15 is 0 Å². The van der Waals surface area contributed by atoms with Gasteiger partial charge in [-0.3, -0.25) is 9.10 Å². The van der Waals surface area contributed by atoms with Crippen molar-refractivity contribution in [2.45, 2.75) is 18.2 Å². The Labute approximate surface area is 172 Å². The van der Waals surface area contributed by atoms with Gasteiger partial charge in [-0.15, -0.1) is 0 Å². The molecule has 0 heterocycles. The van der Waals surface area contributed by atoms with Crippen molar-refractivity contribution in [1.82, 2.24) is 10.2 Å². The molecule has 0 atom stereocenters. The first kappa shape index (κ1) is 22.2. The second kappa shape index (κ2) is 9.41. The molecule has 2 aromatic carbocycles. The van der Waals surface area contributed by atoms with Crippen LogP contribution in [0.1, 0.15) is 22.3 Å². The number of hydrogen-bond acceptors (Lipinski definition) is 4. The number of aryl methyl sites for hydroxylation is 1. The van der Waals surface area contributed by atoms with Crippen LogP contribution in [0, 0.1) is 6.92 Å². The van der Waals surface area contributed by atoms with Crippen LogP contribution in [0.5, 0.6) is 0 Å². The van der Waals surface area contributed by atoms with Crippen molar-refractivity contribution in [3.8, 4) is 0 Å². The number of carbonyl (C=O) groups is 1. The van der Waals surface area contributed by atoms with Crippen LogP contribution in [0.15, 0.2) is 47.4 Å². The summed E-state index contributed by atoms with van der Waals surface area (Å²) in [7, 11) is 1.74.